The fourth-order valence-electron chi connectivity index (χ4n) is 4.35. The number of fused-ring (bicyclic) bond motifs is 2. The Morgan fingerprint density at radius 2 is 1.72 bits per heavy atom. The number of nitrogens with one attached hydrogen (secondary N) is 1. The average molecular weight is 355 g/mol. The third-order valence-corrected chi connectivity index (χ3v) is 6.49. The van der Waals surface area contributed by atoms with Crippen LogP contribution in [0.25, 0.3) is 0 Å². The number of carbonyl (C=O) groups excluding carboxylic acids is 2. The summed E-state index contributed by atoms with van der Waals surface area (Å²) in [6.45, 7) is 5.82. The van der Waals surface area contributed by atoms with Crippen molar-refractivity contribution in [1.82, 2.24) is 0 Å². The maximum Gasteiger partial charge on any atom is 0.573 e. The highest BCUT2D eigenvalue weighted by molar-refractivity contribution is 6.04. The lowest BCUT2D eigenvalue weighted by molar-refractivity contribution is -0.274. The zero-order valence-electron chi connectivity index (χ0n) is 14.3. The molecule has 1 amide bonds. The van der Waals surface area contributed by atoms with Crippen molar-refractivity contribution in [2.24, 2.45) is 16.2 Å². The first-order valence-electron chi connectivity index (χ1n) is 8.12. The number of ether oxygens (including phenoxy) is 1. The molecule has 0 heterocycles. The number of alkyl halides is 3. The Kier molecular flexibility index (Phi) is 3.71. The van der Waals surface area contributed by atoms with Gasteiger partial charge in [0.1, 0.15) is 11.5 Å². The second-order valence-corrected chi connectivity index (χ2v) is 7.67. The molecule has 2 aliphatic carbocycles. The highest BCUT2D eigenvalue weighted by Gasteiger charge is 2.72. The van der Waals surface area contributed by atoms with Crippen LogP contribution in [-0.4, -0.2) is 18.1 Å². The summed E-state index contributed by atoms with van der Waals surface area (Å²) in [6.07, 6.45) is -3.25. The van der Waals surface area contributed by atoms with Gasteiger partial charge in [-0.3, -0.25) is 9.59 Å². The summed E-state index contributed by atoms with van der Waals surface area (Å²) < 4.78 is 40.4. The predicted octanol–water partition coefficient (Wildman–Crippen LogP) is 4.31. The molecule has 2 saturated carbocycles. The molecule has 1 aromatic rings. The van der Waals surface area contributed by atoms with Crippen molar-refractivity contribution in [3.63, 3.8) is 0 Å². The normalized spacial score (nSPS) is 30.4. The van der Waals surface area contributed by atoms with E-state index in [2.05, 4.69) is 10.1 Å². The first-order valence-corrected chi connectivity index (χ1v) is 8.12. The van der Waals surface area contributed by atoms with Gasteiger partial charge in [0.25, 0.3) is 0 Å². The highest BCUT2D eigenvalue weighted by atomic mass is 19.4. The minimum Gasteiger partial charge on any atom is -0.406 e. The Bertz CT molecular complexity index is 726. The maximum absolute atomic E-state index is 12.9. The van der Waals surface area contributed by atoms with Gasteiger partial charge in [-0.05, 0) is 42.5 Å². The van der Waals surface area contributed by atoms with Crippen molar-refractivity contribution < 1.29 is 27.5 Å². The van der Waals surface area contributed by atoms with Gasteiger partial charge in [-0.15, -0.1) is 13.2 Å². The van der Waals surface area contributed by atoms with E-state index >= 15 is 0 Å². The van der Waals surface area contributed by atoms with Gasteiger partial charge in [-0.2, -0.15) is 0 Å². The Morgan fingerprint density at radius 1 is 1.12 bits per heavy atom. The van der Waals surface area contributed by atoms with Crippen LogP contribution in [-0.2, 0) is 9.59 Å². The Balaban J connectivity index is 1.78. The van der Waals surface area contributed by atoms with Gasteiger partial charge in [0, 0.05) is 17.5 Å². The van der Waals surface area contributed by atoms with E-state index in [1.54, 1.807) is 0 Å². The van der Waals surface area contributed by atoms with Crippen molar-refractivity contribution in [1.29, 1.82) is 0 Å². The van der Waals surface area contributed by atoms with Gasteiger partial charge in [-0.25, -0.2) is 0 Å². The van der Waals surface area contributed by atoms with Crippen molar-refractivity contribution in [2.45, 2.75) is 46.4 Å². The van der Waals surface area contributed by atoms with Crippen LogP contribution in [0.4, 0.5) is 18.9 Å². The van der Waals surface area contributed by atoms with Gasteiger partial charge in [-0.1, -0.05) is 20.8 Å². The number of amides is 1. The lowest BCUT2D eigenvalue weighted by atomic mass is 9.64. The molecule has 0 aromatic heterocycles. The number of benzene rings is 1. The zero-order chi connectivity index (χ0) is 18.7. The van der Waals surface area contributed by atoms with Crippen LogP contribution < -0.4 is 10.1 Å². The molecule has 2 fully saturated rings. The molecule has 2 aliphatic rings. The molecule has 4 nitrogen and oxygen atoms in total. The number of hydrogen-bond acceptors (Lipinski definition) is 3. The molecule has 2 atom stereocenters. The molecule has 2 unspecified atom stereocenters. The number of Topliss-reactive ketones (excluding diaryl/α,β-unsaturated/α-hetero) is 1. The second kappa shape index (κ2) is 5.22. The molecule has 1 aromatic carbocycles. The first kappa shape index (κ1) is 17.8. The van der Waals surface area contributed by atoms with E-state index in [1.807, 2.05) is 20.8 Å². The monoisotopic (exact) mass is 355 g/mol. The van der Waals surface area contributed by atoms with Crippen LogP contribution in [0.2, 0.25) is 0 Å². The molecule has 0 radical (unpaired) electrons. The third-order valence-electron chi connectivity index (χ3n) is 6.49. The SMILES string of the molecule is CC12CCC(C(=O)Nc3ccc(OC(F)(F)F)cc3)(CC1=O)C2(C)C. The van der Waals surface area contributed by atoms with Crippen LogP contribution in [0, 0.1) is 16.2 Å². The smallest absolute Gasteiger partial charge is 0.406 e. The van der Waals surface area contributed by atoms with Crippen LogP contribution in [0.3, 0.4) is 0 Å². The number of ketones is 1. The highest BCUT2D eigenvalue weighted by Crippen LogP contribution is 2.70. The Morgan fingerprint density at radius 3 is 2.16 bits per heavy atom. The predicted molar refractivity (Wildman–Crippen MR) is 84.9 cm³/mol. The third kappa shape index (κ3) is 2.51. The van der Waals surface area contributed by atoms with E-state index in [4.69, 9.17) is 0 Å². The van der Waals surface area contributed by atoms with Crippen LogP contribution >= 0.6 is 0 Å². The van der Waals surface area contributed by atoms with Crippen molar-refractivity contribution in [2.75, 3.05) is 5.32 Å². The van der Waals surface area contributed by atoms with Gasteiger partial charge < -0.3 is 10.1 Å². The fraction of sp³-hybridized carbons (Fsp3) is 0.556. The van der Waals surface area contributed by atoms with Gasteiger partial charge in [0.05, 0.1) is 5.41 Å². The van der Waals surface area contributed by atoms with Crippen LogP contribution in [0.1, 0.15) is 40.0 Å². The average Bonchev–Trinajstić information content (AvgIpc) is 2.78. The number of halogens is 3. The second-order valence-electron chi connectivity index (χ2n) is 7.67. The van der Waals surface area contributed by atoms with Crippen LogP contribution in [0.5, 0.6) is 5.75 Å². The topological polar surface area (TPSA) is 55.4 Å². The summed E-state index contributed by atoms with van der Waals surface area (Å²) in [6, 6.07) is 5.00. The number of carbonyl (C=O) groups is 2. The van der Waals surface area contributed by atoms with Gasteiger partial charge in [0.2, 0.25) is 5.91 Å². The van der Waals surface area contributed by atoms with E-state index in [0.717, 1.165) is 12.1 Å². The van der Waals surface area contributed by atoms with Gasteiger partial charge in [0.15, 0.2) is 0 Å². The summed E-state index contributed by atoms with van der Waals surface area (Å²) >= 11 is 0. The number of rotatable bonds is 3. The Hall–Kier alpha value is -2.05. The number of anilines is 1. The molecule has 0 saturated heterocycles. The lowest BCUT2D eigenvalue weighted by Crippen LogP contribution is -2.43. The maximum atomic E-state index is 12.9. The van der Waals surface area contributed by atoms with E-state index in [0.29, 0.717) is 18.5 Å². The van der Waals surface area contributed by atoms with Crippen molar-refractivity contribution in [3.8, 4) is 5.75 Å². The largest absolute Gasteiger partial charge is 0.573 e. The molecule has 0 aliphatic heterocycles. The first-order chi connectivity index (χ1) is 11.4. The zero-order valence-corrected chi connectivity index (χ0v) is 14.3. The molecule has 7 heteroatoms. The summed E-state index contributed by atoms with van der Waals surface area (Å²) in [5.74, 6) is -0.502. The minimum atomic E-state index is -4.76. The summed E-state index contributed by atoms with van der Waals surface area (Å²) in [4.78, 5) is 25.3. The molecule has 25 heavy (non-hydrogen) atoms. The van der Waals surface area contributed by atoms with Crippen molar-refractivity contribution in [3.05, 3.63) is 24.3 Å². The summed E-state index contributed by atoms with van der Waals surface area (Å²) in [5, 5.41) is 2.76. The fourth-order valence-corrected chi connectivity index (χ4v) is 4.35. The molecular formula is C18H20F3NO3. The summed E-state index contributed by atoms with van der Waals surface area (Å²) in [5.41, 5.74) is -1.38. The molecule has 136 valence electrons. The molecule has 2 bridgehead atoms. The summed E-state index contributed by atoms with van der Waals surface area (Å²) in [7, 11) is 0. The van der Waals surface area contributed by atoms with E-state index < -0.39 is 22.6 Å². The Labute approximate surface area is 143 Å². The minimum absolute atomic E-state index is 0.104. The van der Waals surface area contributed by atoms with Gasteiger partial charge >= 0.3 is 6.36 Å². The van der Waals surface area contributed by atoms with E-state index in [9.17, 15) is 22.8 Å². The van der Waals surface area contributed by atoms with E-state index in [1.165, 1.54) is 12.1 Å². The van der Waals surface area contributed by atoms with E-state index in [-0.39, 0.29) is 23.9 Å². The molecule has 3 rings (SSSR count). The molecule has 0 spiro atoms. The quantitative estimate of drug-likeness (QED) is 0.879. The van der Waals surface area contributed by atoms with Crippen molar-refractivity contribution >= 4 is 17.4 Å². The number of hydrogen-bond donors (Lipinski definition) is 1. The molecule has 1 N–H and O–H groups in total. The standard InChI is InChI=1S/C18H20F3NO3/c1-15(2)16(3)8-9-17(15,10-13(16)23)14(24)22-11-4-6-12(7-5-11)25-18(19,20)21/h4-7H,8-10H2,1-3H3,(H,22,24). The lowest BCUT2D eigenvalue weighted by Gasteiger charge is -2.38. The van der Waals surface area contributed by atoms with Crippen LogP contribution in [0.15, 0.2) is 24.3 Å². The molecular weight excluding hydrogens is 335 g/mol.